The van der Waals surface area contributed by atoms with E-state index in [4.69, 9.17) is 0 Å². The molecule has 2 aromatic rings. The van der Waals surface area contributed by atoms with Gasteiger partial charge >= 0.3 is 0 Å². The third-order valence-electron chi connectivity index (χ3n) is 3.73. The fraction of sp³-hybridized carbons (Fsp3) is 0.312. The molecule has 130 valence electrons. The molecule has 0 unspecified atom stereocenters. The van der Waals surface area contributed by atoms with E-state index < -0.39 is 5.56 Å². The first-order chi connectivity index (χ1) is 10.7. The summed E-state index contributed by atoms with van der Waals surface area (Å²) in [6, 6.07) is 8.79. The second-order valence-electron chi connectivity index (χ2n) is 5.35. The molecule has 6 nitrogen and oxygen atoms in total. The smallest absolute Gasteiger partial charge is 0.261 e. The maximum Gasteiger partial charge on any atom is 0.261 e. The van der Waals surface area contributed by atoms with Crippen LogP contribution in [0.15, 0.2) is 41.3 Å². The summed E-state index contributed by atoms with van der Waals surface area (Å²) in [6.45, 7) is 1.72. The zero-order chi connectivity index (χ0) is 15.4. The molecule has 3 N–H and O–H groups in total. The van der Waals surface area contributed by atoms with E-state index in [0.717, 1.165) is 25.9 Å². The van der Waals surface area contributed by atoms with Crippen LogP contribution in [0.1, 0.15) is 23.2 Å². The second-order valence-corrected chi connectivity index (χ2v) is 5.35. The van der Waals surface area contributed by atoms with Crippen molar-refractivity contribution >= 4 is 30.7 Å². The summed E-state index contributed by atoms with van der Waals surface area (Å²) in [6.07, 6.45) is 3.62. The monoisotopic (exact) mass is 370 g/mol. The van der Waals surface area contributed by atoms with Crippen molar-refractivity contribution in [3.63, 3.8) is 0 Å². The fourth-order valence-corrected chi connectivity index (χ4v) is 2.56. The number of carbonyl (C=O) groups excluding carboxylic acids is 1. The average molecular weight is 371 g/mol. The van der Waals surface area contributed by atoms with Gasteiger partial charge in [-0.15, -0.1) is 24.8 Å². The normalized spacial score (nSPS) is 16.4. The molecule has 0 saturated carbocycles. The van der Waals surface area contributed by atoms with E-state index in [-0.39, 0.29) is 42.3 Å². The number of nitrogens with zero attached hydrogens (tertiary/aromatic N) is 1. The Kier molecular flexibility index (Phi) is 7.91. The predicted octanol–water partition coefficient (Wildman–Crippen LogP) is 1.76. The minimum Gasteiger partial charge on any atom is -0.348 e. The lowest BCUT2D eigenvalue weighted by atomic mass is 10.1. The summed E-state index contributed by atoms with van der Waals surface area (Å²) in [5.74, 6) is -0.331. The predicted molar refractivity (Wildman–Crippen MR) is 98.1 cm³/mol. The van der Waals surface area contributed by atoms with Gasteiger partial charge in [-0.2, -0.15) is 0 Å². The van der Waals surface area contributed by atoms with Gasteiger partial charge in [0.05, 0.1) is 11.4 Å². The standard InChI is InChI=1S/C16H18N4O2.2ClH/c21-15(19-11-4-3-8-17-10-11)12-6-7-14(20-16(12)22)13-5-1-2-9-18-13;;/h1-2,5-7,9,11,17H,3-4,8,10H2,(H,19,21)(H,20,22);2*1H/t11-;;/m0../s1. The van der Waals surface area contributed by atoms with E-state index in [0.29, 0.717) is 11.4 Å². The molecule has 1 fully saturated rings. The Labute approximate surface area is 152 Å². The van der Waals surface area contributed by atoms with Crippen molar-refractivity contribution in [2.24, 2.45) is 0 Å². The van der Waals surface area contributed by atoms with Gasteiger partial charge in [-0.05, 0) is 43.7 Å². The van der Waals surface area contributed by atoms with Gasteiger partial charge in [0.25, 0.3) is 11.5 Å². The summed E-state index contributed by atoms with van der Waals surface area (Å²) in [4.78, 5) is 31.2. The van der Waals surface area contributed by atoms with E-state index >= 15 is 0 Å². The number of pyridine rings is 2. The van der Waals surface area contributed by atoms with Gasteiger partial charge in [0.2, 0.25) is 0 Å². The van der Waals surface area contributed by atoms with Crippen LogP contribution in [0.3, 0.4) is 0 Å². The third-order valence-corrected chi connectivity index (χ3v) is 3.73. The number of halogens is 2. The Morgan fingerprint density at radius 1 is 1.21 bits per heavy atom. The van der Waals surface area contributed by atoms with Crippen molar-refractivity contribution in [3.8, 4) is 11.4 Å². The van der Waals surface area contributed by atoms with Crippen LogP contribution in [-0.4, -0.2) is 35.0 Å². The van der Waals surface area contributed by atoms with Crippen LogP contribution in [0, 0.1) is 0 Å². The van der Waals surface area contributed by atoms with Crippen LogP contribution in [0.5, 0.6) is 0 Å². The third kappa shape index (κ3) is 4.80. The van der Waals surface area contributed by atoms with Gasteiger partial charge in [0, 0.05) is 18.8 Å². The summed E-state index contributed by atoms with van der Waals surface area (Å²) < 4.78 is 0. The summed E-state index contributed by atoms with van der Waals surface area (Å²) in [5.41, 5.74) is 0.999. The van der Waals surface area contributed by atoms with Gasteiger partial charge in [-0.1, -0.05) is 6.07 Å². The molecule has 1 aliphatic heterocycles. The van der Waals surface area contributed by atoms with E-state index in [9.17, 15) is 9.59 Å². The maximum absolute atomic E-state index is 12.2. The largest absolute Gasteiger partial charge is 0.348 e. The highest BCUT2D eigenvalue weighted by molar-refractivity contribution is 5.94. The topological polar surface area (TPSA) is 86.9 Å². The summed E-state index contributed by atoms with van der Waals surface area (Å²) in [7, 11) is 0. The van der Waals surface area contributed by atoms with Crippen LogP contribution in [0.25, 0.3) is 11.4 Å². The molecule has 0 bridgehead atoms. The van der Waals surface area contributed by atoms with Crippen LogP contribution >= 0.6 is 24.8 Å². The zero-order valence-corrected chi connectivity index (χ0v) is 14.6. The maximum atomic E-state index is 12.2. The van der Waals surface area contributed by atoms with Crippen molar-refractivity contribution in [1.29, 1.82) is 0 Å². The number of rotatable bonds is 3. The highest BCUT2D eigenvalue weighted by atomic mass is 35.5. The van der Waals surface area contributed by atoms with Crippen molar-refractivity contribution in [2.45, 2.75) is 18.9 Å². The van der Waals surface area contributed by atoms with Gasteiger partial charge in [0.15, 0.2) is 0 Å². The van der Waals surface area contributed by atoms with Crippen molar-refractivity contribution in [2.75, 3.05) is 13.1 Å². The lowest BCUT2D eigenvalue weighted by Crippen LogP contribution is -2.46. The van der Waals surface area contributed by atoms with Crippen LogP contribution < -0.4 is 16.2 Å². The Hall–Kier alpha value is -1.89. The quantitative estimate of drug-likeness (QED) is 0.768. The number of H-pyrrole nitrogens is 1. The fourth-order valence-electron chi connectivity index (χ4n) is 2.56. The van der Waals surface area contributed by atoms with Crippen molar-refractivity contribution < 1.29 is 4.79 Å². The van der Waals surface area contributed by atoms with E-state index in [2.05, 4.69) is 20.6 Å². The lowest BCUT2D eigenvalue weighted by Gasteiger charge is -2.23. The van der Waals surface area contributed by atoms with Gasteiger partial charge in [-0.3, -0.25) is 14.6 Å². The van der Waals surface area contributed by atoms with Gasteiger partial charge < -0.3 is 15.6 Å². The minimum absolute atomic E-state index is 0. The molecule has 0 radical (unpaired) electrons. The molecule has 2 aromatic heterocycles. The highest BCUT2D eigenvalue weighted by Gasteiger charge is 2.18. The van der Waals surface area contributed by atoms with Gasteiger partial charge in [0.1, 0.15) is 5.56 Å². The number of carbonyl (C=O) groups is 1. The first kappa shape index (κ1) is 20.2. The highest BCUT2D eigenvalue weighted by Crippen LogP contribution is 2.11. The minimum atomic E-state index is -0.399. The molecule has 1 saturated heterocycles. The Balaban J connectivity index is 0.00000144. The van der Waals surface area contributed by atoms with Crippen molar-refractivity contribution in [3.05, 3.63) is 52.4 Å². The van der Waals surface area contributed by atoms with Crippen molar-refractivity contribution in [1.82, 2.24) is 20.6 Å². The molecule has 3 heterocycles. The van der Waals surface area contributed by atoms with E-state index in [1.165, 1.54) is 0 Å². The second kappa shape index (κ2) is 9.42. The molecule has 0 aliphatic carbocycles. The Morgan fingerprint density at radius 3 is 2.67 bits per heavy atom. The summed E-state index contributed by atoms with van der Waals surface area (Å²) in [5, 5.41) is 6.13. The number of aromatic nitrogens is 2. The van der Waals surface area contributed by atoms with E-state index in [1.54, 1.807) is 24.4 Å². The number of amides is 1. The van der Waals surface area contributed by atoms with Gasteiger partial charge in [-0.25, -0.2) is 0 Å². The number of piperidine rings is 1. The zero-order valence-electron chi connectivity index (χ0n) is 13.0. The molecular weight excluding hydrogens is 351 g/mol. The molecule has 24 heavy (non-hydrogen) atoms. The Bertz CT molecular complexity index is 716. The average Bonchev–Trinajstić information content (AvgIpc) is 2.56. The Morgan fingerprint density at radius 2 is 2.04 bits per heavy atom. The van der Waals surface area contributed by atoms with Crippen LogP contribution in [0.4, 0.5) is 0 Å². The summed E-state index contributed by atoms with van der Waals surface area (Å²) >= 11 is 0. The molecule has 0 aromatic carbocycles. The molecule has 1 aliphatic rings. The first-order valence-corrected chi connectivity index (χ1v) is 7.40. The number of hydrogen-bond donors (Lipinski definition) is 3. The molecule has 3 rings (SSSR count). The first-order valence-electron chi connectivity index (χ1n) is 7.40. The molecule has 8 heteroatoms. The van der Waals surface area contributed by atoms with E-state index in [1.807, 2.05) is 12.1 Å². The molecule has 1 atom stereocenters. The lowest BCUT2D eigenvalue weighted by molar-refractivity contribution is 0.0929. The SMILES string of the molecule is Cl.Cl.O=C(N[C@H]1CCCNC1)c1ccc(-c2ccccn2)[nH]c1=O. The molecule has 0 spiro atoms. The number of hydrogen-bond acceptors (Lipinski definition) is 4. The van der Waals surface area contributed by atoms with Crippen LogP contribution in [0.2, 0.25) is 0 Å². The molecule has 1 amide bonds. The molecular formula is C16H20Cl2N4O2. The number of nitrogens with one attached hydrogen (secondary N) is 3. The number of aromatic amines is 1. The van der Waals surface area contributed by atoms with Crippen LogP contribution in [-0.2, 0) is 0 Å².